The average molecular weight is 366 g/mol. The van der Waals surface area contributed by atoms with Gasteiger partial charge >= 0.3 is 0 Å². The number of halogens is 1. The molecule has 0 saturated heterocycles. The van der Waals surface area contributed by atoms with E-state index >= 15 is 0 Å². The highest BCUT2D eigenvalue weighted by atomic mass is 35.5. The Hall–Kier alpha value is -2.40. The third-order valence-electron chi connectivity index (χ3n) is 5.34. The van der Waals surface area contributed by atoms with Gasteiger partial charge in [-0.05, 0) is 37.8 Å². The van der Waals surface area contributed by atoms with E-state index in [0.29, 0.717) is 5.02 Å². The SMILES string of the molecule is Clc1cccc(-c2nc3c(c(N4CCc5[nH]ncc5C4)n2)CCCC3)c1. The first kappa shape index (κ1) is 15.8. The first-order valence-corrected chi connectivity index (χ1v) is 9.57. The maximum atomic E-state index is 6.19. The third-order valence-corrected chi connectivity index (χ3v) is 5.58. The molecule has 0 amide bonds. The first-order chi connectivity index (χ1) is 12.8. The summed E-state index contributed by atoms with van der Waals surface area (Å²) in [4.78, 5) is 12.3. The second-order valence-corrected chi connectivity index (χ2v) is 7.50. The Bertz CT molecular complexity index is 965. The minimum absolute atomic E-state index is 0.714. The lowest BCUT2D eigenvalue weighted by Gasteiger charge is -2.31. The molecule has 3 aromatic rings. The number of benzene rings is 1. The van der Waals surface area contributed by atoms with Crippen molar-refractivity contribution in [2.75, 3.05) is 11.4 Å². The van der Waals surface area contributed by atoms with Crippen molar-refractivity contribution in [1.82, 2.24) is 20.2 Å². The molecule has 1 aliphatic carbocycles. The van der Waals surface area contributed by atoms with Crippen LogP contribution in [0.3, 0.4) is 0 Å². The van der Waals surface area contributed by atoms with Crippen LogP contribution in [0.2, 0.25) is 5.02 Å². The Morgan fingerprint density at radius 1 is 1.08 bits per heavy atom. The number of aryl methyl sites for hydroxylation is 1. The fourth-order valence-corrected chi connectivity index (χ4v) is 4.19. The van der Waals surface area contributed by atoms with Crippen molar-refractivity contribution >= 4 is 17.4 Å². The van der Waals surface area contributed by atoms with Crippen LogP contribution >= 0.6 is 11.6 Å². The number of H-pyrrole nitrogens is 1. The number of hydrogen-bond donors (Lipinski definition) is 1. The van der Waals surface area contributed by atoms with Gasteiger partial charge in [-0.1, -0.05) is 23.7 Å². The highest BCUT2D eigenvalue weighted by Crippen LogP contribution is 2.33. The number of hydrogen-bond acceptors (Lipinski definition) is 4. The van der Waals surface area contributed by atoms with Gasteiger partial charge in [0.15, 0.2) is 5.82 Å². The number of nitrogens with zero attached hydrogens (tertiary/aromatic N) is 4. The summed E-state index contributed by atoms with van der Waals surface area (Å²) in [6.45, 7) is 1.80. The van der Waals surface area contributed by atoms with Crippen molar-refractivity contribution in [3.63, 3.8) is 0 Å². The second kappa shape index (κ2) is 6.40. The molecule has 0 spiro atoms. The van der Waals surface area contributed by atoms with Gasteiger partial charge in [0.05, 0.1) is 6.20 Å². The number of anilines is 1. The predicted octanol–water partition coefficient (Wildman–Crippen LogP) is 3.96. The van der Waals surface area contributed by atoms with Crippen LogP contribution in [0.5, 0.6) is 0 Å². The standard InChI is InChI=1S/C20H20ClN5/c21-15-5-3-4-13(10-15)19-23-18-7-2-1-6-16(18)20(24-19)26-9-8-17-14(12-26)11-22-25-17/h3-5,10-11H,1-2,6-9,12H2,(H,22,25). The summed E-state index contributed by atoms with van der Waals surface area (Å²) >= 11 is 6.19. The summed E-state index contributed by atoms with van der Waals surface area (Å²) in [6.07, 6.45) is 7.42. The molecule has 6 heteroatoms. The van der Waals surface area contributed by atoms with Crippen LogP contribution in [-0.2, 0) is 25.8 Å². The topological polar surface area (TPSA) is 57.7 Å². The lowest BCUT2D eigenvalue weighted by molar-refractivity contribution is 0.645. The normalized spacial score (nSPS) is 16.3. The molecular formula is C20H20ClN5. The minimum Gasteiger partial charge on any atom is -0.351 e. The molecule has 0 bridgehead atoms. The zero-order valence-corrected chi connectivity index (χ0v) is 15.3. The molecule has 5 rings (SSSR count). The molecule has 132 valence electrons. The van der Waals surface area contributed by atoms with E-state index in [0.717, 1.165) is 49.6 Å². The summed E-state index contributed by atoms with van der Waals surface area (Å²) in [5.41, 5.74) is 6.03. The lowest BCUT2D eigenvalue weighted by atomic mass is 9.95. The molecule has 0 saturated carbocycles. The van der Waals surface area contributed by atoms with Crippen LogP contribution in [0.4, 0.5) is 5.82 Å². The molecule has 5 nitrogen and oxygen atoms in total. The Balaban J connectivity index is 1.61. The van der Waals surface area contributed by atoms with Crippen molar-refractivity contribution in [2.45, 2.75) is 38.6 Å². The van der Waals surface area contributed by atoms with E-state index < -0.39 is 0 Å². The van der Waals surface area contributed by atoms with Crippen molar-refractivity contribution < 1.29 is 0 Å². The summed E-state index contributed by atoms with van der Waals surface area (Å²) in [6, 6.07) is 7.82. The highest BCUT2D eigenvalue weighted by Gasteiger charge is 2.25. The number of aromatic nitrogens is 4. The predicted molar refractivity (Wildman–Crippen MR) is 102 cm³/mol. The summed E-state index contributed by atoms with van der Waals surface area (Å²) in [7, 11) is 0. The van der Waals surface area contributed by atoms with Gasteiger partial charge in [-0.3, -0.25) is 5.10 Å². The second-order valence-electron chi connectivity index (χ2n) is 7.06. The molecule has 0 unspecified atom stereocenters. The number of aromatic amines is 1. The van der Waals surface area contributed by atoms with E-state index in [1.54, 1.807) is 0 Å². The molecule has 0 atom stereocenters. The van der Waals surface area contributed by atoms with E-state index in [1.807, 2.05) is 30.5 Å². The molecule has 2 aliphatic rings. The van der Waals surface area contributed by atoms with Crippen molar-refractivity contribution in [2.24, 2.45) is 0 Å². The number of rotatable bonds is 2. The fourth-order valence-electron chi connectivity index (χ4n) is 4.00. The van der Waals surface area contributed by atoms with Gasteiger partial charge in [-0.15, -0.1) is 0 Å². The van der Waals surface area contributed by atoms with E-state index in [9.17, 15) is 0 Å². The molecule has 1 N–H and O–H groups in total. The Labute approximate surface area is 157 Å². The largest absolute Gasteiger partial charge is 0.351 e. The van der Waals surface area contributed by atoms with Gasteiger partial charge in [0.25, 0.3) is 0 Å². The highest BCUT2D eigenvalue weighted by molar-refractivity contribution is 6.30. The third kappa shape index (κ3) is 2.76. The van der Waals surface area contributed by atoms with E-state index in [1.165, 1.54) is 35.4 Å². The van der Waals surface area contributed by atoms with Crippen molar-refractivity contribution in [3.8, 4) is 11.4 Å². The van der Waals surface area contributed by atoms with Crippen LogP contribution in [0.25, 0.3) is 11.4 Å². The van der Waals surface area contributed by atoms with Gasteiger partial charge in [0.1, 0.15) is 5.82 Å². The molecule has 26 heavy (non-hydrogen) atoms. The van der Waals surface area contributed by atoms with Crippen LogP contribution in [0.1, 0.15) is 35.4 Å². The van der Waals surface area contributed by atoms with Gasteiger partial charge < -0.3 is 4.90 Å². The molecule has 0 radical (unpaired) electrons. The zero-order valence-electron chi connectivity index (χ0n) is 14.5. The van der Waals surface area contributed by atoms with Crippen LogP contribution < -0.4 is 4.90 Å². The molecule has 0 fully saturated rings. The summed E-state index contributed by atoms with van der Waals surface area (Å²) < 4.78 is 0. The Morgan fingerprint density at radius 3 is 2.92 bits per heavy atom. The molecule has 1 aromatic carbocycles. The maximum absolute atomic E-state index is 6.19. The van der Waals surface area contributed by atoms with Crippen molar-refractivity contribution in [1.29, 1.82) is 0 Å². The van der Waals surface area contributed by atoms with Gasteiger partial charge in [-0.25, -0.2) is 9.97 Å². The van der Waals surface area contributed by atoms with Crippen LogP contribution in [-0.4, -0.2) is 26.7 Å². The summed E-state index contributed by atoms with van der Waals surface area (Å²) in [5.74, 6) is 1.87. The monoisotopic (exact) mass is 365 g/mol. The van der Waals surface area contributed by atoms with Gasteiger partial charge in [0, 0.05) is 52.6 Å². The van der Waals surface area contributed by atoms with E-state index in [4.69, 9.17) is 21.6 Å². The molecule has 1 aliphatic heterocycles. The molecule has 3 heterocycles. The quantitative estimate of drug-likeness (QED) is 0.746. The van der Waals surface area contributed by atoms with Crippen LogP contribution in [0.15, 0.2) is 30.5 Å². The van der Waals surface area contributed by atoms with Crippen molar-refractivity contribution in [3.05, 3.63) is 58.0 Å². The Kier molecular flexibility index (Phi) is 3.89. The average Bonchev–Trinajstić information content (AvgIpc) is 3.15. The number of nitrogens with one attached hydrogen (secondary N) is 1. The lowest BCUT2D eigenvalue weighted by Crippen LogP contribution is -2.32. The number of fused-ring (bicyclic) bond motifs is 2. The van der Waals surface area contributed by atoms with Gasteiger partial charge in [-0.2, -0.15) is 5.10 Å². The molecule has 2 aromatic heterocycles. The zero-order chi connectivity index (χ0) is 17.5. The Morgan fingerprint density at radius 2 is 2.00 bits per heavy atom. The maximum Gasteiger partial charge on any atom is 0.161 e. The molecular weight excluding hydrogens is 346 g/mol. The van der Waals surface area contributed by atoms with E-state index in [-0.39, 0.29) is 0 Å². The smallest absolute Gasteiger partial charge is 0.161 e. The van der Waals surface area contributed by atoms with Crippen LogP contribution in [0, 0.1) is 0 Å². The fraction of sp³-hybridized carbons (Fsp3) is 0.350. The van der Waals surface area contributed by atoms with Gasteiger partial charge in [0.2, 0.25) is 0 Å². The summed E-state index contributed by atoms with van der Waals surface area (Å²) in [5, 5.41) is 8.02. The first-order valence-electron chi connectivity index (χ1n) is 9.20. The van der Waals surface area contributed by atoms with E-state index in [2.05, 4.69) is 15.1 Å². The minimum atomic E-state index is 0.714.